The molecule has 0 amide bonds. The number of rotatable bonds is 4. The summed E-state index contributed by atoms with van der Waals surface area (Å²) in [5.74, 6) is -0.366. The van der Waals surface area contributed by atoms with Gasteiger partial charge < -0.3 is 14.9 Å². The van der Waals surface area contributed by atoms with Gasteiger partial charge in [0.1, 0.15) is 12.4 Å². The van der Waals surface area contributed by atoms with E-state index in [1.165, 1.54) is 6.33 Å². The molecule has 1 aliphatic heterocycles. The minimum absolute atomic E-state index is 0.0646. The molecule has 0 saturated heterocycles. The molecule has 5 atom stereocenters. The maximum atomic E-state index is 12.4. The van der Waals surface area contributed by atoms with E-state index in [-0.39, 0.29) is 18.3 Å². The summed E-state index contributed by atoms with van der Waals surface area (Å²) in [5.41, 5.74) is 0.938. The summed E-state index contributed by atoms with van der Waals surface area (Å²) in [5, 5.41) is 20.6. The first-order valence-corrected chi connectivity index (χ1v) is 10.6. The Labute approximate surface area is 179 Å². The van der Waals surface area contributed by atoms with Crippen LogP contribution in [0.15, 0.2) is 54.5 Å². The van der Waals surface area contributed by atoms with Crippen molar-refractivity contribution in [3.8, 4) is 0 Å². The molecule has 0 radical (unpaired) electrons. The van der Waals surface area contributed by atoms with E-state index in [1.807, 2.05) is 50.3 Å². The lowest BCUT2D eigenvalue weighted by atomic mass is 9.91. The SMILES string of the molecule is C/C(=C\C=C\C(C)c1ccncn1)[C@H]1OC(=O)C[C@H](O)CC[C@@](C)(O)C/C=C/[C@@H]1C. The maximum absolute atomic E-state index is 12.4. The van der Waals surface area contributed by atoms with Crippen molar-refractivity contribution in [2.45, 2.75) is 77.1 Å². The Kier molecular flexibility index (Phi) is 8.93. The topological polar surface area (TPSA) is 92.5 Å². The molecule has 0 saturated carbocycles. The number of aliphatic hydroxyl groups is 2. The van der Waals surface area contributed by atoms with Crippen LogP contribution in [0.1, 0.15) is 65.0 Å². The first-order valence-electron chi connectivity index (χ1n) is 10.6. The Morgan fingerprint density at radius 2 is 2.20 bits per heavy atom. The van der Waals surface area contributed by atoms with Gasteiger partial charge in [0.25, 0.3) is 0 Å². The molecule has 0 fully saturated rings. The van der Waals surface area contributed by atoms with Gasteiger partial charge in [-0.15, -0.1) is 0 Å². The van der Waals surface area contributed by atoms with Crippen molar-refractivity contribution >= 4 is 5.97 Å². The largest absolute Gasteiger partial charge is 0.457 e. The molecule has 2 heterocycles. The number of hydrogen-bond donors (Lipinski definition) is 2. The van der Waals surface area contributed by atoms with Gasteiger partial charge in [-0.1, -0.05) is 44.2 Å². The van der Waals surface area contributed by atoms with E-state index in [0.29, 0.717) is 19.3 Å². The fourth-order valence-electron chi connectivity index (χ4n) is 3.45. The molecule has 0 aliphatic carbocycles. The molecule has 1 aromatic heterocycles. The van der Waals surface area contributed by atoms with Crippen LogP contribution in [0.25, 0.3) is 0 Å². The molecule has 6 nitrogen and oxygen atoms in total. The minimum Gasteiger partial charge on any atom is -0.457 e. The second kappa shape index (κ2) is 11.2. The predicted octanol–water partition coefficient (Wildman–Crippen LogP) is 3.87. The van der Waals surface area contributed by atoms with Gasteiger partial charge in [0.2, 0.25) is 0 Å². The van der Waals surface area contributed by atoms with E-state index in [9.17, 15) is 15.0 Å². The number of aromatic nitrogens is 2. The highest BCUT2D eigenvalue weighted by Gasteiger charge is 2.26. The Morgan fingerprint density at radius 1 is 1.43 bits per heavy atom. The second-order valence-corrected chi connectivity index (χ2v) is 8.51. The highest BCUT2D eigenvalue weighted by Crippen LogP contribution is 2.25. The summed E-state index contributed by atoms with van der Waals surface area (Å²) in [7, 11) is 0. The van der Waals surface area contributed by atoms with Crippen LogP contribution >= 0.6 is 0 Å². The quantitative estimate of drug-likeness (QED) is 0.441. The van der Waals surface area contributed by atoms with Crippen LogP contribution in [-0.2, 0) is 9.53 Å². The fourth-order valence-corrected chi connectivity index (χ4v) is 3.45. The van der Waals surface area contributed by atoms with Crippen molar-refractivity contribution in [3.05, 3.63) is 60.2 Å². The first kappa shape index (κ1) is 24.0. The Morgan fingerprint density at radius 3 is 2.90 bits per heavy atom. The summed E-state index contributed by atoms with van der Waals surface area (Å²) >= 11 is 0. The van der Waals surface area contributed by atoms with Gasteiger partial charge in [-0.2, -0.15) is 0 Å². The van der Waals surface area contributed by atoms with Crippen molar-refractivity contribution in [2.24, 2.45) is 5.92 Å². The van der Waals surface area contributed by atoms with E-state index in [0.717, 1.165) is 11.3 Å². The molecule has 1 aromatic rings. The van der Waals surface area contributed by atoms with Gasteiger partial charge in [-0.05, 0) is 44.7 Å². The zero-order valence-electron chi connectivity index (χ0n) is 18.4. The summed E-state index contributed by atoms with van der Waals surface area (Å²) in [6, 6.07) is 1.88. The van der Waals surface area contributed by atoms with Crippen LogP contribution in [0.2, 0.25) is 0 Å². The summed E-state index contributed by atoms with van der Waals surface area (Å²) in [4.78, 5) is 20.6. The molecule has 164 valence electrons. The van der Waals surface area contributed by atoms with Gasteiger partial charge in [0, 0.05) is 18.0 Å². The third-order valence-electron chi connectivity index (χ3n) is 5.43. The van der Waals surface area contributed by atoms with Gasteiger partial charge in [0.05, 0.1) is 23.8 Å². The predicted molar refractivity (Wildman–Crippen MR) is 117 cm³/mol. The van der Waals surface area contributed by atoms with Crippen LogP contribution < -0.4 is 0 Å². The van der Waals surface area contributed by atoms with E-state index < -0.39 is 23.8 Å². The molecule has 0 bridgehead atoms. The molecule has 0 aromatic carbocycles. The van der Waals surface area contributed by atoms with E-state index in [4.69, 9.17) is 4.74 Å². The van der Waals surface area contributed by atoms with Crippen molar-refractivity contribution in [1.82, 2.24) is 9.97 Å². The van der Waals surface area contributed by atoms with Gasteiger partial charge in [-0.3, -0.25) is 4.79 Å². The minimum atomic E-state index is -0.902. The van der Waals surface area contributed by atoms with Crippen molar-refractivity contribution in [3.63, 3.8) is 0 Å². The zero-order valence-corrected chi connectivity index (χ0v) is 18.4. The average molecular weight is 415 g/mol. The van der Waals surface area contributed by atoms with Crippen LogP contribution in [0, 0.1) is 5.92 Å². The summed E-state index contributed by atoms with van der Waals surface area (Å²) in [6.07, 6.45) is 13.0. The van der Waals surface area contributed by atoms with Crippen LogP contribution in [0.3, 0.4) is 0 Å². The number of carbonyl (C=O) groups is 1. The number of nitrogens with zero attached hydrogens (tertiary/aromatic N) is 2. The van der Waals surface area contributed by atoms with Crippen molar-refractivity contribution in [2.75, 3.05) is 0 Å². The number of esters is 1. The molecule has 2 rings (SSSR count). The standard InChI is InChI=1S/C24H34N2O4/c1-17(21-11-14-25-16-26-21)7-5-8-18(2)23-19(3)9-6-12-24(4,29)13-10-20(27)15-22(28)30-23/h5-9,11,14,16-17,19-20,23,27,29H,10,12-13,15H2,1-4H3/b7-5+,9-6+,18-8+/t17?,19-,20+,23+,24-/m0/s1. The number of carbonyl (C=O) groups excluding carboxylic acids is 1. The Bertz CT molecular complexity index is 771. The van der Waals surface area contributed by atoms with Gasteiger partial charge >= 0.3 is 5.97 Å². The molecular weight excluding hydrogens is 380 g/mol. The summed E-state index contributed by atoms with van der Waals surface area (Å²) < 4.78 is 5.73. The third-order valence-corrected chi connectivity index (χ3v) is 5.43. The first-order chi connectivity index (χ1) is 14.2. The van der Waals surface area contributed by atoms with Crippen molar-refractivity contribution in [1.29, 1.82) is 0 Å². The fraction of sp³-hybridized carbons (Fsp3) is 0.542. The number of ether oxygens (including phenoxy) is 1. The van der Waals surface area contributed by atoms with E-state index in [1.54, 1.807) is 13.1 Å². The third kappa shape index (κ3) is 7.84. The Balaban J connectivity index is 2.16. The van der Waals surface area contributed by atoms with Gasteiger partial charge in [-0.25, -0.2) is 9.97 Å². The van der Waals surface area contributed by atoms with Crippen LogP contribution in [0.4, 0.5) is 0 Å². The molecular formula is C24H34N2O4. The highest BCUT2D eigenvalue weighted by molar-refractivity contribution is 5.70. The Hall–Kier alpha value is -2.31. The summed E-state index contributed by atoms with van der Waals surface area (Å²) in [6.45, 7) is 7.72. The molecule has 0 spiro atoms. The lowest BCUT2D eigenvalue weighted by Gasteiger charge is -2.27. The molecule has 1 aliphatic rings. The lowest BCUT2D eigenvalue weighted by Crippen LogP contribution is -2.30. The lowest BCUT2D eigenvalue weighted by molar-refractivity contribution is -0.151. The average Bonchev–Trinajstić information content (AvgIpc) is 2.70. The van der Waals surface area contributed by atoms with Crippen LogP contribution in [0.5, 0.6) is 0 Å². The number of aliphatic hydroxyl groups excluding tert-OH is 1. The molecule has 1 unspecified atom stereocenters. The van der Waals surface area contributed by atoms with E-state index in [2.05, 4.69) is 16.9 Å². The maximum Gasteiger partial charge on any atom is 0.309 e. The number of hydrogen-bond acceptors (Lipinski definition) is 6. The second-order valence-electron chi connectivity index (χ2n) is 8.51. The van der Waals surface area contributed by atoms with Crippen LogP contribution in [-0.4, -0.2) is 44.0 Å². The molecule has 30 heavy (non-hydrogen) atoms. The monoisotopic (exact) mass is 414 g/mol. The zero-order chi connectivity index (χ0) is 22.1. The smallest absolute Gasteiger partial charge is 0.309 e. The molecule has 6 heteroatoms. The van der Waals surface area contributed by atoms with Crippen molar-refractivity contribution < 1.29 is 19.7 Å². The van der Waals surface area contributed by atoms with Gasteiger partial charge in [0.15, 0.2) is 0 Å². The van der Waals surface area contributed by atoms with E-state index >= 15 is 0 Å². The number of cyclic esters (lactones) is 1. The molecule has 2 N–H and O–H groups in total. The highest BCUT2D eigenvalue weighted by atomic mass is 16.5. The normalized spacial score (nSPS) is 31.5. The number of allylic oxidation sites excluding steroid dienone is 3.